The van der Waals surface area contributed by atoms with Crippen LogP contribution in [-0.2, 0) is 11.2 Å². The van der Waals surface area contributed by atoms with Gasteiger partial charge in [-0.2, -0.15) is 0 Å². The second-order valence-electron chi connectivity index (χ2n) is 8.34. The van der Waals surface area contributed by atoms with E-state index in [9.17, 15) is 9.59 Å². The predicted molar refractivity (Wildman–Crippen MR) is 135 cm³/mol. The van der Waals surface area contributed by atoms with Crippen LogP contribution in [0.4, 0.5) is 11.5 Å². The number of carbonyl (C=O) groups excluding carboxylic acids is 2. The van der Waals surface area contributed by atoms with Crippen LogP contribution in [-0.4, -0.2) is 62.1 Å². The van der Waals surface area contributed by atoms with Crippen LogP contribution in [0.2, 0.25) is 0 Å². The van der Waals surface area contributed by atoms with Crippen LogP contribution in [0.5, 0.6) is 11.5 Å². The van der Waals surface area contributed by atoms with E-state index in [4.69, 9.17) is 9.47 Å². The quantitative estimate of drug-likeness (QED) is 0.563. The Morgan fingerprint density at radius 1 is 0.857 bits per heavy atom. The molecule has 182 valence electrons. The SMILES string of the molecule is COc1ccc(CC(=O)Nc2ccc(N3CCCN(C(=O)c4ccc(OC)cc4)CC3)nc2)cc1. The average molecular weight is 475 g/mol. The number of rotatable bonds is 7. The Morgan fingerprint density at radius 2 is 1.54 bits per heavy atom. The number of pyridine rings is 1. The monoisotopic (exact) mass is 474 g/mol. The maximum Gasteiger partial charge on any atom is 0.253 e. The first-order valence-electron chi connectivity index (χ1n) is 11.6. The Hall–Kier alpha value is -4.07. The molecule has 4 rings (SSSR count). The van der Waals surface area contributed by atoms with Crippen molar-refractivity contribution in [3.8, 4) is 11.5 Å². The second kappa shape index (κ2) is 11.4. The Labute approximate surface area is 205 Å². The number of hydrogen-bond acceptors (Lipinski definition) is 6. The van der Waals surface area contributed by atoms with Gasteiger partial charge in [0.1, 0.15) is 17.3 Å². The fourth-order valence-corrected chi connectivity index (χ4v) is 4.05. The fourth-order valence-electron chi connectivity index (χ4n) is 4.05. The Kier molecular flexibility index (Phi) is 7.82. The summed E-state index contributed by atoms with van der Waals surface area (Å²) in [6, 6.07) is 18.4. The van der Waals surface area contributed by atoms with Crippen LogP contribution in [0.25, 0.3) is 0 Å². The largest absolute Gasteiger partial charge is 0.497 e. The van der Waals surface area contributed by atoms with Gasteiger partial charge >= 0.3 is 0 Å². The zero-order chi connectivity index (χ0) is 24.6. The molecule has 0 atom stereocenters. The molecule has 1 saturated heterocycles. The van der Waals surface area contributed by atoms with Gasteiger partial charge in [-0.3, -0.25) is 9.59 Å². The molecule has 2 aromatic carbocycles. The minimum Gasteiger partial charge on any atom is -0.497 e. The van der Waals surface area contributed by atoms with Gasteiger partial charge in [0.25, 0.3) is 5.91 Å². The van der Waals surface area contributed by atoms with Crippen molar-refractivity contribution in [3.63, 3.8) is 0 Å². The topological polar surface area (TPSA) is 84.0 Å². The summed E-state index contributed by atoms with van der Waals surface area (Å²) in [5, 5.41) is 2.90. The van der Waals surface area contributed by atoms with Crippen molar-refractivity contribution >= 4 is 23.3 Å². The Balaban J connectivity index is 1.30. The molecule has 0 bridgehead atoms. The molecule has 1 N–H and O–H groups in total. The minimum atomic E-state index is -0.104. The molecule has 8 heteroatoms. The van der Waals surface area contributed by atoms with Gasteiger partial charge < -0.3 is 24.6 Å². The van der Waals surface area contributed by atoms with Crippen LogP contribution in [0.1, 0.15) is 22.3 Å². The molecule has 1 aliphatic heterocycles. The molecule has 0 aliphatic carbocycles. The van der Waals surface area contributed by atoms with Crippen molar-refractivity contribution in [1.29, 1.82) is 0 Å². The van der Waals surface area contributed by atoms with Crippen molar-refractivity contribution in [2.24, 2.45) is 0 Å². The molecule has 2 heterocycles. The second-order valence-corrected chi connectivity index (χ2v) is 8.34. The highest BCUT2D eigenvalue weighted by atomic mass is 16.5. The lowest BCUT2D eigenvalue weighted by atomic mass is 10.1. The zero-order valence-electron chi connectivity index (χ0n) is 20.1. The Bertz CT molecular complexity index is 1130. The summed E-state index contributed by atoms with van der Waals surface area (Å²) in [5.74, 6) is 2.24. The van der Waals surface area contributed by atoms with Gasteiger partial charge in [0.05, 0.1) is 32.5 Å². The lowest BCUT2D eigenvalue weighted by Crippen LogP contribution is -2.35. The number of nitrogens with one attached hydrogen (secondary N) is 1. The lowest BCUT2D eigenvalue weighted by molar-refractivity contribution is -0.115. The first-order chi connectivity index (χ1) is 17.1. The van der Waals surface area contributed by atoms with E-state index in [-0.39, 0.29) is 18.2 Å². The summed E-state index contributed by atoms with van der Waals surface area (Å²) in [4.78, 5) is 33.9. The van der Waals surface area contributed by atoms with E-state index in [0.29, 0.717) is 30.9 Å². The van der Waals surface area contributed by atoms with Gasteiger partial charge in [0, 0.05) is 31.7 Å². The fraction of sp³-hybridized carbons (Fsp3) is 0.296. The van der Waals surface area contributed by atoms with Gasteiger partial charge in [0.15, 0.2) is 0 Å². The molecule has 2 amide bonds. The van der Waals surface area contributed by atoms with Crippen LogP contribution in [0.15, 0.2) is 66.9 Å². The molecular formula is C27H30N4O4. The van der Waals surface area contributed by atoms with Crippen molar-refractivity contribution < 1.29 is 19.1 Å². The van der Waals surface area contributed by atoms with Gasteiger partial charge in [-0.25, -0.2) is 4.98 Å². The summed E-state index contributed by atoms with van der Waals surface area (Å²) in [7, 11) is 3.22. The van der Waals surface area contributed by atoms with Crippen LogP contribution < -0.4 is 19.7 Å². The van der Waals surface area contributed by atoms with Crippen LogP contribution in [0.3, 0.4) is 0 Å². The smallest absolute Gasteiger partial charge is 0.253 e. The average Bonchev–Trinajstić information content (AvgIpc) is 3.15. The number of anilines is 2. The molecule has 0 unspecified atom stereocenters. The van der Waals surface area contributed by atoms with E-state index < -0.39 is 0 Å². The highest BCUT2D eigenvalue weighted by Crippen LogP contribution is 2.19. The number of ether oxygens (including phenoxy) is 2. The number of carbonyl (C=O) groups is 2. The third-order valence-corrected chi connectivity index (χ3v) is 6.00. The van der Waals surface area contributed by atoms with Crippen LogP contribution in [0, 0.1) is 0 Å². The number of benzene rings is 2. The zero-order valence-corrected chi connectivity index (χ0v) is 20.1. The van der Waals surface area contributed by atoms with Crippen LogP contribution >= 0.6 is 0 Å². The number of aromatic nitrogens is 1. The number of hydrogen-bond donors (Lipinski definition) is 1. The third-order valence-electron chi connectivity index (χ3n) is 6.00. The number of nitrogens with zero attached hydrogens (tertiary/aromatic N) is 3. The summed E-state index contributed by atoms with van der Waals surface area (Å²) < 4.78 is 10.3. The molecule has 1 aromatic heterocycles. The predicted octanol–water partition coefficient (Wildman–Crippen LogP) is 3.63. The number of methoxy groups -OCH3 is 2. The van der Waals surface area contributed by atoms with Crippen molar-refractivity contribution in [2.45, 2.75) is 12.8 Å². The summed E-state index contributed by atoms with van der Waals surface area (Å²) in [6.45, 7) is 2.81. The standard InChI is InChI=1S/C27H30N4O4/c1-34-23-9-4-20(5-10-23)18-26(32)29-22-8-13-25(28-19-22)30-14-3-15-31(17-16-30)27(33)21-6-11-24(35-2)12-7-21/h4-13,19H,3,14-18H2,1-2H3,(H,29,32). The van der Waals surface area contributed by atoms with E-state index in [1.165, 1.54) is 0 Å². The van der Waals surface area contributed by atoms with Gasteiger partial charge in [0.2, 0.25) is 5.91 Å². The van der Waals surface area contributed by atoms with Gasteiger partial charge in [-0.1, -0.05) is 12.1 Å². The van der Waals surface area contributed by atoms with Gasteiger partial charge in [-0.15, -0.1) is 0 Å². The van der Waals surface area contributed by atoms with Gasteiger partial charge in [-0.05, 0) is 60.5 Å². The maximum atomic E-state index is 12.9. The van der Waals surface area contributed by atoms with E-state index in [1.54, 1.807) is 44.7 Å². The van der Waals surface area contributed by atoms with E-state index in [2.05, 4.69) is 15.2 Å². The number of amides is 2. The maximum absolute atomic E-state index is 12.9. The summed E-state index contributed by atoms with van der Waals surface area (Å²) in [5.41, 5.74) is 2.22. The van der Waals surface area contributed by atoms with E-state index in [0.717, 1.165) is 35.8 Å². The van der Waals surface area contributed by atoms with Crippen molar-refractivity contribution in [2.75, 3.05) is 50.6 Å². The van der Waals surface area contributed by atoms with E-state index in [1.807, 2.05) is 41.3 Å². The normalized spacial score (nSPS) is 13.7. The first-order valence-corrected chi connectivity index (χ1v) is 11.6. The highest BCUT2D eigenvalue weighted by molar-refractivity contribution is 5.94. The molecule has 1 fully saturated rings. The molecule has 0 saturated carbocycles. The molecule has 0 radical (unpaired) electrons. The minimum absolute atomic E-state index is 0.0254. The molecule has 1 aliphatic rings. The molecule has 8 nitrogen and oxygen atoms in total. The lowest BCUT2D eigenvalue weighted by Gasteiger charge is -2.23. The Morgan fingerprint density at radius 3 is 2.17 bits per heavy atom. The first kappa shape index (κ1) is 24.1. The summed E-state index contributed by atoms with van der Waals surface area (Å²) in [6.07, 6.45) is 2.80. The highest BCUT2D eigenvalue weighted by Gasteiger charge is 2.21. The van der Waals surface area contributed by atoms with E-state index >= 15 is 0 Å². The third kappa shape index (κ3) is 6.29. The summed E-state index contributed by atoms with van der Waals surface area (Å²) >= 11 is 0. The molecule has 3 aromatic rings. The molecular weight excluding hydrogens is 444 g/mol. The van der Waals surface area contributed by atoms with Crippen molar-refractivity contribution in [3.05, 3.63) is 78.0 Å². The molecule has 0 spiro atoms. The molecule has 35 heavy (non-hydrogen) atoms. The van der Waals surface area contributed by atoms with Crippen molar-refractivity contribution in [1.82, 2.24) is 9.88 Å².